The first-order chi connectivity index (χ1) is 8.81. The molecule has 0 bridgehead atoms. The van der Waals surface area contributed by atoms with Crippen LogP contribution in [0.5, 0.6) is 11.5 Å². The minimum Gasteiger partial charge on any atom is -0.497 e. The number of aliphatic hydroxyl groups is 1. The molecule has 0 radical (unpaired) electrons. The van der Waals surface area contributed by atoms with Crippen molar-refractivity contribution in [1.82, 2.24) is 5.32 Å². The average molecular weight is 267 g/mol. The van der Waals surface area contributed by atoms with E-state index in [0.717, 1.165) is 0 Å². The summed E-state index contributed by atoms with van der Waals surface area (Å²) in [6.07, 6.45) is -0.673. The van der Waals surface area contributed by atoms with Gasteiger partial charge in [-0.05, 0) is 39.0 Å². The number of carbonyl (C=O) groups is 1. The van der Waals surface area contributed by atoms with Crippen LogP contribution < -0.4 is 14.8 Å². The fourth-order valence-electron chi connectivity index (χ4n) is 1.46. The van der Waals surface area contributed by atoms with Gasteiger partial charge in [0.05, 0.1) is 31.4 Å². The zero-order chi connectivity index (χ0) is 14.6. The monoisotopic (exact) mass is 267 g/mol. The van der Waals surface area contributed by atoms with Crippen LogP contribution in [-0.2, 0) is 0 Å². The largest absolute Gasteiger partial charge is 0.497 e. The Kier molecular flexibility index (Phi) is 4.78. The van der Waals surface area contributed by atoms with Gasteiger partial charge in [-0.1, -0.05) is 0 Å². The van der Waals surface area contributed by atoms with Gasteiger partial charge in [-0.2, -0.15) is 0 Å². The number of methoxy groups -OCH3 is 2. The van der Waals surface area contributed by atoms with Crippen molar-refractivity contribution in [1.29, 1.82) is 0 Å². The van der Waals surface area contributed by atoms with E-state index in [1.165, 1.54) is 14.2 Å². The Morgan fingerprint density at radius 1 is 1.32 bits per heavy atom. The number of rotatable bonds is 5. The van der Waals surface area contributed by atoms with E-state index in [0.29, 0.717) is 17.1 Å². The van der Waals surface area contributed by atoms with Crippen molar-refractivity contribution in [2.24, 2.45) is 0 Å². The molecule has 1 atom stereocenters. The van der Waals surface area contributed by atoms with E-state index >= 15 is 0 Å². The quantitative estimate of drug-likeness (QED) is 0.850. The van der Waals surface area contributed by atoms with Crippen molar-refractivity contribution in [3.8, 4) is 11.5 Å². The molecule has 106 valence electrons. The Hall–Kier alpha value is -1.75. The topological polar surface area (TPSA) is 67.8 Å². The molecule has 0 saturated carbocycles. The fourth-order valence-corrected chi connectivity index (χ4v) is 1.46. The molecule has 0 heterocycles. The van der Waals surface area contributed by atoms with E-state index in [-0.39, 0.29) is 5.91 Å². The predicted octanol–water partition coefficient (Wildman–Crippen LogP) is 1.59. The van der Waals surface area contributed by atoms with Crippen molar-refractivity contribution in [2.75, 3.05) is 14.2 Å². The summed E-state index contributed by atoms with van der Waals surface area (Å²) < 4.78 is 10.3. The normalized spacial score (nSPS) is 12.7. The zero-order valence-corrected chi connectivity index (χ0v) is 12.0. The van der Waals surface area contributed by atoms with E-state index in [2.05, 4.69) is 5.32 Å². The number of aliphatic hydroxyl groups excluding tert-OH is 1. The average Bonchev–Trinajstić information content (AvgIpc) is 2.37. The standard InChI is InChI=1S/C14H21NO4/c1-9(16)14(2,3)15-13(17)11-8-10(18-4)6-7-12(11)19-5/h6-9,16H,1-5H3,(H,15,17). The van der Waals surface area contributed by atoms with Crippen molar-refractivity contribution in [2.45, 2.75) is 32.4 Å². The Morgan fingerprint density at radius 3 is 2.42 bits per heavy atom. The number of carbonyl (C=O) groups excluding carboxylic acids is 1. The molecule has 1 unspecified atom stereocenters. The molecule has 0 saturated heterocycles. The van der Waals surface area contributed by atoms with E-state index in [9.17, 15) is 9.90 Å². The van der Waals surface area contributed by atoms with Crippen LogP contribution in [-0.4, -0.2) is 36.9 Å². The second-order valence-corrected chi connectivity index (χ2v) is 4.92. The first kappa shape index (κ1) is 15.3. The van der Waals surface area contributed by atoms with Gasteiger partial charge in [0.1, 0.15) is 11.5 Å². The molecule has 5 heteroatoms. The van der Waals surface area contributed by atoms with Gasteiger partial charge in [-0.3, -0.25) is 4.79 Å². The van der Waals surface area contributed by atoms with Gasteiger partial charge in [0.25, 0.3) is 5.91 Å². The highest BCUT2D eigenvalue weighted by atomic mass is 16.5. The van der Waals surface area contributed by atoms with Gasteiger partial charge in [-0.15, -0.1) is 0 Å². The fraction of sp³-hybridized carbons (Fsp3) is 0.500. The molecule has 0 aliphatic heterocycles. The van der Waals surface area contributed by atoms with E-state index < -0.39 is 11.6 Å². The van der Waals surface area contributed by atoms with Crippen molar-refractivity contribution in [3.05, 3.63) is 23.8 Å². The minimum atomic E-state index is -0.731. The van der Waals surface area contributed by atoms with Crippen LogP contribution in [0, 0.1) is 0 Å². The maximum atomic E-state index is 12.3. The molecule has 2 N–H and O–H groups in total. The Labute approximate surface area is 113 Å². The van der Waals surface area contributed by atoms with Crippen LogP contribution in [0.15, 0.2) is 18.2 Å². The third-order valence-electron chi connectivity index (χ3n) is 3.13. The highest BCUT2D eigenvalue weighted by Crippen LogP contribution is 2.24. The van der Waals surface area contributed by atoms with Crippen LogP contribution in [0.3, 0.4) is 0 Å². The SMILES string of the molecule is COc1ccc(OC)c(C(=O)NC(C)(C)C(C)O)c1. The lowest BCUT2D eigenvalue weighted by Crippen LogP contribution is -2.51. The summed E-state index contributed by atoms with van der Waals surface area (Å²) in [6.45, 7) is 5.13. The molecule has 1 rings (SSSR count). The summed E-state index contributed by atoms with van der Waals surface area (Å²) in [7, 11) is 3.03. The molecule has 0 aromatic heterocycles. The maximum absolute atomic E-state index is 12.3. The summed E-state index contributed by atoms with van der Waals surface area (Å²) in [4.78, 5) is 12.3. The van der Waals surface area contributed by atoms with Crippen LogP contribution in [0.2, 0.25) is 0 Å². The Morgan fingerprint density at radius 2 is 1.95 bits per heavy atom. The molecule has 0 spiro atoms. The second kappa shape index (κ2) is 5.93. The Bertz CT molecular complexity index is 455. The number of hydrogen-bond acceptors (Lipinski definition) is 4. The van der Waals surface area contributed by atoms with E-state index in [1.807, 2.05) is 0 Å². The van der Waals surface area contributed by atoms with Gasteiger partial charge in [-0.25, -0.2) is 0 Å². The molecule has 1 aromatic rings. The highest BCUT2D eigenvalue weighted by molar-refractivity contribution is 5.97. The summed E-state index contributed by atoms with van der Waals surface area (Å²) in [6, 6.07) is 4.99. The van der Waals surface area contributed by atoms with Crippen LogP contribution in [0.4, 0.5) is 0 Å². The van der Waals surface area contributed by atoms with Crippen LogP contribution >= 0.6 is 0 Å². The summed E-state index contributed by atoms with van der Waals surface area (Å²) in [5.74, 6) is 0.710. The zero-order valence-electron chi connectivity index (χ0n) is 12.0. The third kappa shape index (κ3) is 3.61. The smallest absolute Gasteiger partial charge is 0.255 e. The third-order valence-corrected chi connectivity index (χ3v) is 3.13. The van der Waals surface area contributed by atoms with E-state index in [4.69, 9.17) is 9.47 Å². The molecule has 0 aliphatic rings. The number of amides is 1. The molecule has 1 amide bonds. The van der Waals surface area contributed by atoms with Gasteiger partial charge >= 0.3 is 0 Å². The van der Waals surface area contributed by atoms with Crippen molar-refractivity contribution < 1.29 is 19.4 Å². The summed E-state index contributed by atoms with van der Waals surface area (Å²) >= 11 is 0. The van der Waals surface area contributed by atoms with Gasteiger partial charge in [0.15, 0.2) is 0 Å². The van der Waals surface area contributed by atoms with Gasteiger partial charge < -0.3 is 19.9 Å². The first-order valence-electron chi connectivity index (χ1n) is 6.04. The maximum Gasteiger partial charge on any atom is 0.255 e. The highest BCUT2D eigenvalue weighted by Gasteiger charge is 2.27. The molecule has 0 aliphatic carbocycles. The predicted molar refractivity (Wildman–Crippen MR) is 72.8 cm³/mol. The van der Waals surface area contributed by atoms with Crippen LogP contribution in [0.25, 0.3) is 0 Å². The molecule has 1 aromatic carbocycles. The van der Waals surface area contributed by atoms with Gasteiger partial charge in [0.2, 0.25) is 0 Å². The molecule has 19 heavy (non-hydrogen) atoms. The van der Waals surface area contributed by atoms with Crippen LogP contribution in [0.1, 0.15) is 31.1 Å². The lowest BCUT2D eigenvalue weighted by molar-refractivity contribution is 0.0707. The number of nitrogens with one attached hydrogen (secondary N) is 1. The summed E-state index contributed by atoms with van der Waals surface area (Å²) in [5, 5.41) is 12.4. The lowest BCUT2D eigenvalue weighted by atomic mass is 9.98. The second-order valence-electron chi connectivity index (χ2n) is 4.92. The number of benzene rings is 1. The van der Waals surface area contributed by atoms with Crippen molar-refractivity contribution >= 4 is 5.91 Å². The molecule has 0 fully saturated rings. The van der Waals surface area contributed by atoms with Gasteiger partial charge in [0, 0.05) is 0 Å². The Balaban J connectivity index is 3.04. The molecule has 5 nitrogen and oxygen atoms in total. The first-order valence-corrected chi connectivity index (χ1v) is 6.04. The number of hydrogen-bond donors (Lipinski definition) is 2. The number of ether oxygens (including phenoxy) is 2. The molecular weight excluding hydrogens is 246 g/mol. The summed E-state index contributed by atoms with van der Waals surface area (Å²) in [5.41, 5.74) is -0.360. The van der Waals surface area contributed by atoms with Crippen molar-refractivity contribution in [3.63, 3.8) is 0 Å². The van der Waals surface area contributed by atoms with E-state index in [1.54, 1.807) is 39.0 Å². The minimum absolute atomic E-state index is 0.318. The lowest BCUT2D eigenvalue weighted by Gasteiger charge is -2.29. The molecular formula is C14H21NO4.